The first kappa shape index (κ1) is 25.1. The van der Waals surface area contributed by atoms with Gasteiger partial charge in [-0.3, -0.25) is 4.79 Å². The summed E-state index contributed by atoms with van der Waals surface area (Å²) in [5, 5.41) is 7.89. The van der Waals surface area contributed by atoms with E-state index in [1.165, 1.54) is 0 Å². The van der Waals surface area contributed by atoms with Gasteiger partial charge in [0.05, 0.1) is 18.0 Å². The average Bonchev–Trinajstić information content (AvgIpc) is 3.25. The first-order valence-corrected chi connectivity index (χ1v) is 13.9. The van der Waals surface area contributed by atoms with Crippen LogP contribution in [-0.2, 0) is 21.4 Å². The van der Waals surface area contributed by atoms with Crippen LogP contribution in [0.4, 0.5) is 5.82 Å². The monoisotopic (exact) mass is 494 g/mol. The second kappa shape index (κ2) is 11.2. The smallest absolute Gasteiger partial charge is 0.228 e. The van der Waals surface area contributed by atoms with Gasteiger partial charge in [0.25, 0.3) is 0 Å². The van der Waals surface area contributed by atoms with Crippen molar-refractivity contribution in [1.82, 2.24) is 14.1 Å². The average molecular weight is 495 g/mol. The Morgan fingerprint density at radius 1 is 1.06 bits per heavy atom. The number of benzene rings is 2. The highest BCUT2D eigenvalue weighted by Gasteiger charge is 2.31. The number of rotatable bonds is 9. The van der Waals surface area contributed by atoms with Gasteiger partial charge in [0.1, 0.15) is 5.82 Å². The Morgan fingerprint density at radius 2 is 1.80 bits per heavy atom. The maximum atomic E-state index is 13.2. The van der Waals surface area contributed by atoms with Gasteiger partial charge in [0.2, 0.25) is 15.9 Å². The molecule has 0 atom stereocenters. The lowest BCUT2D eigenvalue weighted by molar-refractivity contribution is -0.121. The van der Waals surface area contributed by atoms with E-state index in [2.05, 4.69) is 11.4 Å². The molecular weight excluding hydrogens is 460 g/mol. The van der Waals surface area contributed by atoms with Crippen molar-refractivity contribution < 1.29 is 13.2 Å². The molecule has 1 aliphatic heterocycles. The normalized spacial score (nSPS) is 15.3. The van der Waals surface area contributed by atoms with Crippen LogP contribution in [0.3, 0.4) is 0 Å². The molecule has 3 aromatic rings. The van der Waals surface area contributed by atoms with Crippen molar-refractivity contribution in [2.45, 2.75) is 46.1 Å². The molecule has 1 N–H and O–H groups in total. The molecule has 1 aromatic heterocycles. The van der Waals surface area contributed by atoms with E-state index in [9.17, 15) is 13.2 Å². The minimum absolute atomic E-state index is 0.0828. The van der Waals surface area contributed by atoms with Gasteiger partial charge >= 0.3 is 0 Å². The van der Waals surface area contributed by atoms with Gasteiger partial charge < -0.3 is 5.32 Å². The van der Waals surface area contributed by atoms with Crippen molar-refractivity contribution in [3.8, 4) is 11.3 Å². The van der Waals surface area contributed by atoms with Crippen molar-refractivity contribution in [3.05, 3.63) is 71.8 Å². The molecule has 1 saturated heterocycles. The molecule has 0 aliphatic carbocycles. The van der Waals surface area contributed by atoms with Crippen LogP contribution in [0, 0.1) is 12.8 Å². The van der Waals surface area contributed by atoms with E-state index in [0.29, 0.717) is 44.7 Å². The van der Waals surface area contributed by atoms with Gasteiger partial charge in [-0.1, -0.05) is 67.4 Å². The van der Waals surface area contributed by atoms with E-state index < -0.39 is 10.0 Å². The number of carbonyl (C=O) groups excluding carboxylic acids is 1. The molecule has 0 unspecified atom stereocenters. The summed E-state index contributed by atoms with van der Waals surface area (Å²) in [6, 6.07) is 20.1. The number of carbonyl (C=O) groups is 1. The van der Waals surface area contributed by atoms with Gasteiger partial charge in [-0.15, -0.1) is 0 Å². The molecule has 0 saturated carbocycles. The highest BCUT2D eigenvalue weighted by atomic mass is 32.2. The molecule has 1 fully saturated rings. The van der Waals surface area contributed by atoms with Gasteiger partial charge in [-0.05, 0) is 37.8 Å². The largest absolute Gasteiger partial charge is 0.311 e. The molecule has 8 heteroatoms. The molecule has 7 nitrogen and oxygen atoms in total. The zero-order valence-corrected chi connectivity index (χ0v) is 21.3. The quantitative estimate of drug-likeness (QED) is 0.468. The van der Waals surface area contributed by atoms with E-state index in [4.69, 9.17) is 5.10 Å². The number of piperidine rings is 1. The number of hydrogen-bond acceptors (Lipinski definition) is 4. The summed E-state index contributed by atoms with van der Waals surface area (Å²) < 4.78 is 28.4. The zero-order valence-electron chi connectivity index (χ0n) is 20.5. The van der Waals surface area contributed by atoms with Crippen LogP contribution in [0.25, 0.3) is 11.3 Å². The summed E-state index contributed by atoms with van der Waals surface area (Å²) in [6.07, 6.45) is 2.56. The minimum atomic E-state index is -3.24. The summed E-state index contributed by atoms with van der Waals surface area (Å²) in [5.41, 5.74) is 4.04. The van der Waals surface area contributed by atoms with Crippen LogP contribution < -0.4 is 5.32 Å². The summed E-state index contributed by atoms with van der Waals surface area (Å²) >= 11 is 0. The van der Waals surface area contributed by atoms with E-state index in [1.54, 1.807) is 4.31 Å². The lowest BCUT2D eigenvalue weighted by Gasteiger charge is -2.30. The second-order valence-corrected chi connectivity index (χ2v) is 11.3. The van der Waals surface area contributed by atoms with Crippen LogP contribution in [0.5, 0.6) is 0 Å². The van der Waals surface area contributed by atoms with E-state index in [1.807, 2.05) is 73.1 Å². The molecule has 0 bridgehead atoms. The van der Waals surface area contributed by atoms with Gasteiger partial charge in [-0.2, -0.15) is 5.10 Å². The van der Waals surface area contributed by atoms with Gasteiger partial charge in [-0.25, -0.2) is 17.4 Å². The van der Waals surface area contributed by atoms with Crippen LogP contribution in [-0.4, -0.2) is 47.3 Å². The standard InChI is InChI=1S/C27H34N4O3S/c1-3-4-17-35(33,34)30-15-13-23(14-16-30)27(32)28-26-19-25(24-12-8-9-21(2)18-24)29-31(26)20-22-10-6-5-7-11-22/h5-12,18-19,23H,3-4,13-17,20H2,1-2H3,(H,28,32). The van der Waals surface area contributed by atoms with E-state index in [-0.39, 0.29) is 17.6 Å². The summed E-state index contributed by atoms with van der Waals surface area (Å²) in [7, 11) is -3.24. The number of hydrogen-bond donors (Lipinski definition) is 1. The molecule has 0 radical (unpaired) electrons. The number of sulfonamides is 1. The van der Waals surface area contributed by atoms with Crippen LogP contribution in [0.1, 0.15) is 43.7 Å². The topological polar surface area (TPSA) is 84.3 Å². The van der Waals surface area contributed by atoms with Crippen LogP contribution in [0.2, 0.25) is 0 Å². The summed E-state index contributed by atoms with van der Waals surface area (Å²) in [6.45, 7) is 5.35. The molecular formula is C27H34N4O3S. The van der Waals surface area contributed by atoms with Crippen molar-refractivity contribution in [1.29, 1.82) is 0 Å². The fraction of sp³-hybridized carbons (Fsp3) is 0.407. The fourth-order valence-electron chi connectivity index (χ4n) is 4.42. The number of aryl methyl sites for hydroxylation is 1. The van der Waals surface area contributed by atoms with Crippen LogP contribution in [0.15, 0.2) is 60.7 Å². The molecule has 1 aliphatic rings. The minimum Gasteiger partial charge on any atom is -0.311 e. The second-order valence-electron chi connectivity index (χ2n) is 9.26. The predicted octanol–water partition coefficient (Wildman–Crippen LogP) is 4.69. The number of amides is 1. The summed E-state index contributed by atoms with van der Waals surface area (Å²) in [4.78, 5) is 13.2. The highest BCUT2D eigenvalue weighted by Crippen LogP contribution is 2.26. The molecule has 1 amide bonds. The Balaban J connectivity index is 1.49. The Kier molecular flexibility index (Phi) is 8.03. The van der Waals surface area contributed by atoms with E-state index in [0.717, 1.165) is 28.8 Å². The van der Waals surface area contributed by atoms with Crippen molar-refractivity contribution in [2.24, 2.45) is 5.92 Å². The molecule has 2 aromatic carbocycles. The van der Waals surface area contributed by atoms with E-state index >= 15 is 0 Å². The number of anilines is 1. The lowest BCUT2D eigenvalue weighted by Crippen LogP contribution is -2.42. The van der Waals surface area contributed by atoms with Crippen molar-refractivity contribution >= 4 is 21.7 Å². The van der Waals surface area contributed by atoms with Crippen molar-refractivity contribution in [2.75, 3.05) is 24.2 Å². The molecule has 35 heavy (non-hydrogen) atoms. The first-order chi connectivity index (χ1) is 16.9. The Hall–Kier alpha value is -2.97. The number of aromatic nitrogens is 2. The Morgan fingerprint density at radius 3 is 2.49 bits per heavy atom. The van der Waals surface area contributed by atoms with Crippen LogP contribution >= 0.6 is 0 Å². The lowest BCUT2D eigenvalue weighted by atomic mass is 9.97. The van der Waals surface area contributed by atoms with Gasteiger partial charge in [0.15, 0.2) is 0 Å². The number of nitrogens with one attached hydrogen (secondary N) is 1. The Labute approximate surface area is 208 Å². The van der Waals surface area contributed by atoms with Crippen molar-refractivity contribution in [3.63, 3.8) is 0 Å². The first-order valence-electron chi connectivity index (χ1n) is 12.3. The van der Waals surface area contributed by atoms with Gasteiger partial charge in [0, 0.05) is 30.6 Å². The maximum Gasteiger partial charge on any atom is 0.228 e. The third-order valence-electron chi connectivity index (χ3n) is 6.49. The molecule has 0 spiro atoms. The maximum absolute atomic E-state index is 13.2. The third-order valence-corrected chi connectivity index (χ3v) is 8.45. The molecule has 2 heterocycles. The number of nitrogens with zero attached hydrogens (tertiary/aromatic N) is 3. The SMILES string of the molecule is CCCCS(=O)(=O)N1CCC(C(=O)Nc2cc(-c3cccc(C)c3)nn2Cc2ccccc2)CC1. The highest BCUT2D eigenvalue weighted by molar-refractivity contribution is 7.89. The third kappa shape index (κ3) is 6.38. The predicted molar refractivity (Wildman–Crippen MR) is 140 cm³/mol. The Bertz CT molecular complexity index is 1250. The summed E-state index contributed by atoms with van der Waals surface area (Å²) in [5.74, 6) is 0.518. The zero-order chi connectivity index (χ0) is 24.8. The fourth-order valence-corrected chi connectivity index (χ4v) is 6.10. The molecule has 186 valence electrons. The number of unbranched alkanes of at least 4 members (excludes halogenated alkanes) is 1. The molecule has 4 rings (SSSR count).